The highest BCUT2D eigenvalue weighted by atomic mass is 32.1. The van der Waals surface area contributed by atoms with Gasteiger partial charge >= 0.3 is 5.97 Å². The number of ether oxygens (including phenoxy) is 3. The summed E-state index contributed by atoms with van der Waals surface area (Å²) in [5.74, 6) is 0.0676. The minimum absolute atomic E-state index is 0.125. The fraction of sp³-hybridized carbons (Fsp3) is 0.227. The fourth-order valence-corrected chi connectivity index (χ4v) is 3.33. The summed E-state index contributed by atoms with van der Waals surface area (Å²) in [6.07, 6.45) is 1.75. The highest BCUT2D eigenvalue weighted by molar-refractivity contribution is 7.13. The van der Waals surface area contributed by atoms with Gasteiger partial charge < -0.3 is 14.2 Å². The van der Waals surface area contributed by atoms with Crippen molar-refractivity contribution in [1.29, 1.82) is 0 Å². The summed E-state index contributed by atoms with van der Waals surface area (Å²) < 4.78 is 29.6. The Kier molecular flexibility index (Phi) is 7.94. The van der Waals surface area contributed by atoms with Crippen LogP contribution in [0.5, 0.6) is 11.5 Å². The van der Waals surface area contributed by atoms with E-state index in [2.05, 4.69) is 15.5 Å². The van der Waals surface area contributed by atoms with Gasteiger partial charge in [0.2, 0.25) is 5.13 Å². The Balaban J connectivity index is 1.62. The molecule has 0 aliphatic heterocycles. The Morgan fingerprint density at radius 3 is 2.87 bits per heavy atom. The van der Waals surface area contributed by atoms with Crippen molar-refractivity contribution in [1.82, 2.24) is 4.98 Å². The summed E-state index contributed by atoms with van der Waals surface area (Å²) >= 11 is 1.34. The largest absolute Gasteiger partial charge is 0.496 e. The molecule has 1 heterocycles. The molecule has 0 radical (unpaired) electrons. The zero-order valence-corrected chi connectivity index (χ0v) is 17.9. The van der Waals surface area contributed by atoms with Gasteiger partial charge in [0.1, 0.15) is 12.4 Å². The monoisotopic (exact) mass is 443 g/mol. The van der Waals surface area contributed by atoms with E-state index in [9.17, 15) is 9.18 Å². The van der Waals surface area contributed by atoms with Crippen LogP contribution in [0.3, 0.4) is 0 Å². The molecule has 2 aromatic carbocycles. The van der Waals surface area contributed by atoms with Gasteiger partial charge in [-0.2, -0.15) is 5.10 Å². The van der Waals surface area contributed by atoms with Crippen LogP contribution < -0.4 is 14.9 Å². The van der Waals surface area contributed by atoms with E-state index in [0.717, 1.165) is 11.1 Å². The van der Waals surface area contributed by atoms with Crippen molar-refractivity contribution in [2.45, 2.75) is 20.0 Å². The van der Waals surface area contributed by atoms with Crippen molar-refractivity contribution in [3.05, 3.63) is 70.5 Å². The lowest BCUT2D eigenvalue weighted by atomic mass is 10.1. The minimum Gasteiger partial charge on any atom is -0.496 e. The molecule has 1 N–H and O–H groups in total. The van der Waals surface area contributed by atoms with Crippen LogP contribution >= 0.6 is 11.3 Å². The molecule has 7 nitrogen and oxygen atoms in total. The number of hydrogen-bond donors (Lipinski definition) is 1. The van der Waals surface area contributed by atoms with Gasteiger partial charge in [0.05, 0.1) is 32.0 Å². The SMILES string of the molecule is CCOC(=O)Cc1csc(NN=Cc2ccc(OC)c(COc3ccccc3F)c2)n1. The molecular formula is C22H22FN3O4S. The molecule has 3 aromatic rings. The molecule has 0 unspecified atom stereocenters. The van der Waals surface area contributed by atoms with Crippen molar-refractivity contribution in [3.63, 3.8) is 0 Å². The third kappa shape index (κ3) is 6.51. The van der Waals surface area contributed by atoms with Crippen molar-refractivity contribution < 1.29 is 23.4 Å². The predicted octanol–water partition coefficient (Wildman–Crippen LogP) is 4.42. The summed E-state index contributed by atoms with van der Waals surface area (Å²) in [4.78, 5) is 15.8. The molecule has 0 saturated carbocycles. The molecule has 0 bridgehead atoms. The second kappa shape index (κ2) is 11.1. The normalized spacial score (nSPS) is 10.8. The molecule has 3 rings (SSSR count). The summed E-state index contributed by atoms with van der Waals surface area (Å²) in [5, 5.41) is 6.53. The van der Waals surface area contributed by atoms with Gasteiger partial charge in [0, 0.05) is 10.9 Å². The van der Waals surface area contributed by atoms with Crippen molar-refractivity contribution in [2.75, 3.05) is 19.1 Å². The van der Waals surface area contributed by atoms with E-state index in [0.29, 0.717) is 23.2 Å². The second-order valence-corrected chi connectivity index (χ2v) is 7.14. The number of halogens is 1. The van der Waals surface area contributed by atoms with Crippen LogP contribution in [0.1, 0.15) is 23.7 Å². The van der Waals surface area contributed by atoms with Crippen molar-refractivity contribution in [2.24, 2.45) is 5.10 Å². The maximum absolute atomic E-state index is 13.8. The topological polar surface area (TPSA) is 82.0 Å². The molecule has 0 amide bonds. The van der Waals surface area contributed by atoms with Crippen LogP contribution in [0, 0.1) is 5.82 Å². The molecule has 31 heavy (non-hydrogen) atoms. The van der Waals surface area contributed by atoms with Crippen LogP contribution in [-0.2, 0) is 22.6 Å². The summed E-state index contributed by atoms with van der Waals surface area (Å²) in [7, 11) is 1.56. The smallest absolute Gasteiger partial charge is 0.311 e. The Hall–Kier alpha value is -3.46. The van der Waals surface area contributed by atoms with Crippen molar-refractivity contribution in [3.8, 4) is 11.5 Å². The van der Waals surface area contributed by atoms with E-state index in [4.69, 9.17) is 14.2 Å². The first-order valence-corrected chi connectivity index (χ1v) is 10.4. The Bertz CT molecular complexity index is 1050. The van der Waals surface area contributed by atoms with Crippen LogP contribution in [-0.4, -0.2) is 30.9 Å². The van der Waals surface area contributed by atoms with Crippen LogP contribution in [0.15, 0.2) is 52.9 Å². The Morgan fingerprint density at radius 2 is 2.10 bits per heavy atom. The molecule has 0 aliphatic carbocycles. The lowest BCUT2D eigenvalue weighted by Gasteiger charge is -2.11. The number of nitrogens with one attached hydrogen (secondary N) is 1. The number of hydrogen-bond acceptors (Lipinski definition) is 8. The Morgan fingerprint density at radius 1 is 1.26 bits per heavy atom. The van der Waals surface area contributed by atoms with Crippen molar-refractivity contribution >= 4 is 28.7 Å². The molecular weight excluding hydrogens is 421 g/mol. The number of carbonyl (C=O) groups excluding carboxylic acids is 1. The average Bonchev–Trinajstić information content (AvgIpc) is 3.20. The highest BCUT2D eigenvalue weighted by Crippen LogP contribution is 2.23. The molecule has 0 spiro atoms. The van der Waals surface area contributed by atoms with Gasteiger partial charge in [-0.3, -0.25) is 10.2 Å². The number of carbonyl (C=O) groups is 1. The maximum atomic E-state index is 13.8. The van der Waals surface area contributed by atoms with E-state index in [1.165, 1.54) is 17.4 Å². The van der Waals surface area contributed by atoms with Gasteiger partial charge in [-0.15, -0.1) is 11.3 Å². The van der Waals surface area contributed by atoms with E-state index < -0.39 is 5.82 Å². The average molecular weight is 444 g/mol. The number of benzene rings is 2. The Labute approximate surface area is 183 Å². The maximum Gasteiger partial charge on any atom is 0.311 e. The predicted molar refractivity (Wildman–Crippen MR) is 117 cm³/mol. The molecule has 162 valence electrons. The number of rotatable bonds is 10. The standard InChI is InChI=1S/C22H22FN3O4S/c1-3-29-21(27)11-17-14-31-22(25-17)26-24-12-15-8-9-19(28-2)16(10-15)13-30-20-7-5-4-6-18(20)23/h4-10,12,14H,3,11,13H2,1-2H3,(H,25,26). The molecule has 0 saturated heterocycles. The zero-order chi connectivity index (χ0) is 22.1. The number of nitrogens with zero attached hydrogens (tertiary/aromatic N) is 2. The number of anilines is 1. The molecule has 1 aromatic heterocycles. The molecule has 0 atom stereocenters. The number of methoxy groups -OCH3 is 1. The number of para-hydroxylation sites is 1. The molecule has 0 fully saturated rings. The minimum atomic E-state index is -0.422. The number of esters is 1. The van der Waals surface area contributed by atoms with Crippen LogP contribution in [0.2, 0.25) is 0 Å². The van der Waals surface area contributed by atoms with Gasteiger partial charge in [0.15, 0.2) is 11.6 Å². The molecule has 0 aliphatic rings. The van der Waals surface area contributed by atoms with Gasteiger partial charge in [-0.25, -0.2) is 9.37 Å². The fourth-order valence-electron chi connectivity index (χ4n) is 2.67. The first-order chi connectivity index (χ1) is 15.1. The quantitative estimate of drug-likeness (QED) is 0.284. The van der Waals surface area contributed by atoms with Crippen LogP contribution in [0.25, 0.3) is 0 Å². The molecule has 9 heteroatoms. The summed E-state index contributed by atoms with van der Waals surface area (Å²) in [6.45, 7) is 2.24. The third-order valence-electron chi connectivity index (χ3n) is 4.08. The third-order valence-corrected chi connectivity index (χ3v) is 4.88. The number of aromatic nitrogens is 1. The highest BCUT2D eigenvalue weighted by Gasteiger charge is 2.09. The van der Waals surface area contributed by atoms with Gasteiger partial charge in [0.25, 0.3) is 0 Å². The second-order valence-electron chi connectivity index (χ2n) is 6.29. The number of thiazole rings is 1. The zero-order valence-electron chi connectivity index (χ0n) is 17.1. The summed E-state index contributed by atoms with van der Waals surface area (Å²) in [6, 6.07) is 11.7. The van der Waals surface area contributed by atoms with Gasteiger partial charge in [-0.05, 0) is 42.8 Å². The first kappa shape index (κ1) is 22.2. The lowest BCUT2D eigenvalue weighted by Crippen LogP contribution is -2.07. The number of hydrazone groups is 1. The van der Waals surface area contributed by atoms with E-state index in [1.807, 2.05) is 12.1 Å². The van der Waals surface area contributed by atoms with Gasteiger partial charge in [-0.1, -0.05) is 12.1 Å². The van der Waals surface area contributed by atoms with Crippen LogP contribution in [0.4, 0.5) is 9.52 Å². The summed E-state index contributed by atoms with van der Waals surface area (Å²) in [5.41, 5.74) is 5.01. The lowest BCUT2D eigenvalue weighted by molar-refractivity contribution is -0.142. The first-order valence-electron chi connectivity index (χ1n) is 9.52. The van der Waals surface area contributed by atoms with E-state index in [1.54, 1.807) is 49.9 Å². The van der Waals surface area contributed by atoms with E-state index >= 15 is 0 Å². The van der Waals surface area contributed by atoms with E-state index in [-0.39, 0.29) is 24.7 Å².